The quantitative estimate of drug-likeness (QED) is 0.561. The summed E-state index contributed by atoms with van der Waals surface area (Å²) in [5.74, 6) is 1.74. The lowest BCUT2D eigenvalue weighted by Gasteiger charge is -2.30. The second-order valence-electron chi connectivity index (χ2n) is 7.10. The minimum absolute atomic E-state index is 0.0998. The highest BCUT2D eigenvalue weighted by molar-refractivity contribution is 5.84. The molecule has 1 atom stereocenters. The van der Waals surface area contributed by atoms with E-state index in [9.17, 15) is 4.79 Å². The molecule has 1 fully saturated rings. The topological polar surface area (TPSA) is 102 Å². The van der Waals surface area contributed by atoms with E-state index in [1.54, 1.807) is 28.9 Å². The molecule has 0 saturated carbocycles. The van der Waals surface area contributed by atoms with E-state index >= 15 is 0 Å². The van der Waals surface area contributed by atoms with Gasteiger partial charge in [0.05, 0.1) is 7.11 Å². The predicted octanol–water partition coefficient (Wildman–Crippen LogP) is 1.48. The first-order chi connectivity index (χ1) is 14.1. The average Bonchev–Trinajstić information content (AvgIpc) is 3.36. The Morgan fingerprint density at radius 1 is 1.28 bits per heavy atom. The third-order valence-electron chi connectivity index (χ3n) is 5.19. The summed E-state index contributed by atoms with van der Waals surface area (Å²) in [6.07, 6.45) is 10.4. The predicted molar refractivity (Wildman–Crippen MR) is 106 cm³/mol. The summed E-state index contributed by atoms with van der Waals surface area (Å²) in [6, 6.07) is 2.06. The van der Waals surface area contributed by atoms with E-state index in [0.717, 1.165) is 23.1 Å². The second kappa shape index (κ2) is 6.73. The fourth-order valence-electron chi connectivity index (χ4n) is 3.70. The van der Waals surface area contributed by atoms with Gasteiger partial charge in [-0.3, -0.25) is 9.20 Å². The number of methoxy groups -OCH3 is 1. The number of ether oxygens (including phenoxy) is 1. The Hall–Kier alpha value is -3.69. The van der Waals surface area contributed by atoms with Crippen molar-refractivity contribution < 1.29 is 9.53 Å². The lowest BCUT2D eigenvalue weighted by atomic mass is 10.1. The number of carbonyl (C=O) groups is 1. The van der Waals surface area contributed by atoms with Gasteiger partial charge >= 0.3 is 0 Å². The van der Waals surface area contributed by atoms with E-state index < -0.39 is 0 Å². The molecule has 0 spiro atoms. The summed E-state index contributed by atoms with van der Waals surface area (Å²) < 4.78 is 9.19. The number of nitrogens with one attached hydrogen (secondary N) is 1. The third-order valence-corrected chi connectivity index (χ3v) is 5.19. The smallest absolute Gasteiger partial charge is 0.244 e. The number of hydrogen-bond acceptors (Lipinski definition) is 7. The molecular weight excluding hydrogens is 372 g/mol. The van der Waals surface area contributed by atoms with E-state index in [2.05, 4.69) is 25.4 Å². The molecule has 4 aromatic rings. The Bertz CT molecular complexity index is 1210. The Kier molecular flexibility index (Phi) is 4.04. The largest absolute Gasteiger partial charge is 0.479 e. The maximum Gasteiger partial charge on any atom is 0.244 e. The van der Waals surface area contributed by atoms with E-state index in [-0.39, 0.29) is 11.9 Å². The van der Waals surface area contributed by atoms with Crippen molar-refractivity contribution >= 4 is 23.1 Å². The number of carbonyl (C=O) groups excluding carboxylic acids is 1. The van der Waals surface area contributed by atoms with Gasteiger partial charge in [-0.15, -0.1) is 5.10 Å². The van der Waals surface area contributed by atoms with E-state index in [0.29, 0.717) is 30.6 Å². The molecular formula is C19H20N8O2. The highest BCUT2D eigenvalue weighted by atomic mass is 16.5. The van der Waals surface area contributed by atoms with Crippen molar-refractivity contribution in [1.29, 1.82) is 0 Å². The van der Waals surface area contributed by atoms with Gasteiger partial charge in [-0.25, -0.2) is 14.5 Å². The number of rotatable bonds is 4. The molecule has 10 nitrogen and oxygen atoms in total. The number of likely N-dealkylation sites (N-methyl/N-ethyl adjacent to an activating group) is 1. The number of aromatic nitrogens is 6. The molecule has 0 radical (unpaired) electrons. The number of anilines is 1. The molecule has 148 valence electrons. The zero-order valence-corrected chi connectivity index (χ0v) is 16.1. The van der Waals surface area contributed by atoms with Gasteiger partial charge in [-0.1, -0.05) is 0 Å². The zero-order valence-electron chi connectivity index (χ0n) is 16.1. The lowest BCUT2D eigenvalue weighted by molar-refractivity contribution is -0.132. The summed E-state index contributed by atoms with van der Waals surface area (Å²) in [4.78, 5) is 26.6. The van der Waals surface area contributed by atoms with E-state index in [1.807, 2.05) is 36.1 Å². The first kappa shape index (κ1) is 17.4. The number of nitrogens with zero attached hydrogens (tertiary/aromatic N) is 7. The van der Waals surface area contributed by atoms with Crippen LogP contribution in [0.3, 0.4) is 0 Å². The fraction of sp³-hybridized carbons (Fsp3) is 0.316. The van der Waals surface area contributed by atoms with Gasteiger partial charge in [-0.2, -0.15) is 4.98 Å². The van der Waals surface area contributed by atoms with Crippen LogP contribution in [0.5, 0.6) is 5.88 Å². The first-order valence-corrected chi connectivity index (χ1v) is 9.35. The highest BCUT2D eigenvalue weighted by Gasteiger charge is 2.24. The molecule has 1 N–H and O–H groups in total. The number of piperidine rings is 1. The summed E-state index contributed by atoms with van der Waals surface area (Å²) in [5.41, 5.74) is 2.59. The van der Waals surface area contributed by atoms with Gasteiger partial charge < -0.3 is 15.0 Å². The molecule has 10 heteroatoms. The van der Waals surface area contributed by atoms with E-state index in [1.165, 1.54) is 0 Å². The summed E-state index contributed by atoms with van der Waals surface area (Å²) in [6.45, 7) is 0.621. The number of imidazole rings is 1. The maximum absolute atomic E-state index is 11.7. The molecule has 0 bridgehead atoms. The molecule has 5 rings (SSSR count). The van der Waals surface area contributed by atoms with Crippen LogP contribution in [0.15, 0.2) is 37.1 Å². The number of hydrogen-bond donors (Lipinski definition) is 1. The van der Waals surface area contributed by atoms with Crippen LogP contribution in [0.25, 0.3) is 22.4 Å². The SMILES string of the molecule is COc1nc(NC2CCC(=O)N(C)C2)nn2ccc(-c3cnc4nccn4c3)c12. The Balaban J connectivity index is 1.51. The van der Waals surface area contributed by atoms with Crippen LogP contribution in [0, 0.1) is 0 Å². The Morgan fingerprint density at radius 2 is 2.17 bits per heavy atom. The number of fused-ring (bicyclic) bond motifs is 2. The van der Waals surface area contributed by atoms with Crippen molar-refractivity contribution in [2.75, 3.05) is 26.0 Å². The van der Waals surface area contributed by atoms with Crippen LogP contribution >= 0.6 is 0 Å². The molecule has 1 amide bonds. The van der Waals surface area contributed by atoms with Crippen molar-refractivity contribution in [3.63, 3.8) is 0 Å². The second-order valence-corrected chi connectivity index (χ2v) is 7.10. The van der Waals surface area contributed by atoms with Crippen molar-refractivity contribution in [2.24, 2.45) is 0 Å². The Morgan fingerprint density at radius 3 is 3.00 bits per heavy atom. The van der Waals surface area contributed by atoms with Gasteiger partial charge in [-0.05, 0) is 12.5 Å². The van der Waals surface area contributed by atoms with Crippen molar-refractivity contribution in [2.45, 2.75) is 18.9 Å². The van der Waals surface area contributed by atoms with Crippen LogP contribution in [0.1, 0.15) is 12.8 Å². The standard InChI is InChI=1S/C19H20N8O2/c1-25-11-13(3-4-15(25)28)22-18-23-17(29-2)16-14(5-7-27(16)24-18)12-9-21-19-20-6-8-26(19)10-12/h5-10,13H,3-4,11H2,1-2H3,(H,22,24). The average molecular weight is 392 g/mol. The normalized spacial score (nSPS) is 17.2. The maximum atomic E-state index is 11.7. The zero-order chi connectivity index (χ0) is 20.0. The van der Waals surface area contributed by atoms with Crippen molar-refractivity contribution in [3.8, 4) is 17.0 Å². The van der Waals surface area contributed by atoms with Crippen LogP contribution in [0.4, 0.5) is 5.95 Å². The Labute approximate surface area is 166 Å². The van der Waals surface area contributed by atoms with Gasteiger partial charge in [0.15, 0.2) is 0 Å². The van der Waals surface area contributed by atoms with Crippen molar-refractivity contribution in [1.82, 2.24) is 33.9 Å². The summed E-state index contributed by atoms with van der Waals surface area (Å²) >= 11 is 0. The molecule has 4 aromatic heterocycles. The van der Waals surface area contributed by atoms with E-state index in [4.69, 9.17) is 4.74 Å². The molecule has 1 aliphatic heterocycles. The van der Waals surface area contributed by atoms with Crippen LogP contribution in [0.2, 0.25) is 0 Å². The monoisotopic (exact) mass is 392 g/mol. The van der Waals surface area contributed by atoms with Crippen LogP contribution in [-0.4, -0.2) is 66.5 Å². The molecule has 5 heterocycles. The molecule has 29 heavy (non-hydrogen) atoms. The minimum atomic E-state index is 0.0998. The van der Waals surface area contributed by atoms with Crippen LogP contribution < -0.4 is 10.1 Å². The third kappa shape index (κ3) is 3.02. The summed E-state index contributed by atoms with van der Waals surface area (Å²) in [7, 11) is 3.40. The molecule has 1 aliphatic rings. The molecule has 1 saturated heterocycles. The molecule has 1 unspecified atom stereocenters. The van der Waals surface area contributed by atoms with Gasteiger partial charge in [0.1, 0.15) is 5.52 Å². The first-order valence-electron chi connectivity index (χ1n) is 9.35. The lowest BCUT2D eigenvalue weighted by Crippen LogP contribution is -2.43. The summed E-state index contributed by atoms with van der Waals surface area (Å²) in [5, 5.41) is 7.92. The van der Waals surface area contributed by atoms with Gasteiger partial charge in [0, 0.05) is 68.2 Å². The van der Waals surface area contributed by atoms with Gasteiger partial charge in [0.2, 0.25) is 23.5 Å². The molecule has 0 aliphatic carbocycles. The number of likely N-dealkylation sites (tertiary alicyclic amines) is 1. The fourth-order valence-corrected chi connectivity index (χ4v) is 3.70. The minimum Gasteiger partial charge on any atom is -0.479 e. The van der Waals surface area contributed by atoms with Gasteiger partial charge in [0.25, 0.3) is 0 Å². The molecule has 0 aromatic carbocycles. The van der Waals surface area contributed by atoms with Crippen LogP contribution in [-0.2, 0) is 4.79 Å². The highest BCUT2D eigenvalue weighted by Crippen LogP contribution is 2.31. The number of amides is 1. The van der Waals surface area contributed by atoms with Crippen molar-refractivity contribution in [3.05, 3.63) is 37.1 Å².